The fourth-order valence-electron chi connectivity index (χ4n) is 1.13. The highest BCUT2D eigenvalue weighted by molar-refractivity contribution is 8.20. The Morgan fingerprint density at radius 1 is 1.06 bits per heavy atom. The Hall–Kier alpha value is -1.01. The van der Waals surface area contributed by atoms with E-state index in [1.54, 1.807) is 12.1 Å². The Labute approximate surface area is 96.2 Å². The van der Waals surface area contributed by atoms with Gasteiger partial charge in [0.1, 0.15) is 5.75 Å². The van der Waals surface area contributed by atoms with Crippen LogP contribution in [0.3, 0.4) is 0 Å². The van der Waals surface area contributed by atoms with Gasteiger partial charge in [-0.05, 0) is 33.8 Å². The average Bonchev–Trinajstić information content (AvgIpc) is 2.14. The van der Waals surface area contributed by atoms with Crippen LogP contribution < -0.4 is 4.74 Å². The second-order valence-corrected chi connectivity index (χ2v) is 8.58. The van der Waals surface area contributed by atoms with E-state index in [1.807, 2.05) is 0 Å². The van der Waals surface area contributed by atoms with Crippen LogP contribution in [-0.4, -0.2) is 36.9 Å². The fourth-order valence-corrected chi connectivity index (χ4v) is 4.53. The number of ether oxygens (including phenoxy) is 1. The Bertz CT molecular complexity index is 568. The first-order valence-electron chi connectivity index (χ1n) is 4.43. The lowest BCUT2D eigenvalue weighted by atomic mass is 10.3. The number of methoxy groups -OCH3 is 1. The molecule has 0 amide bonds. The second-order valence-electron chi connectivity index (χ2n) is 3.63. The molecule has 0 aromatic heterocycles. The summed E-state index contributed by atoms with van der Waals surface area (Å²) in [4.78, 5) is 0.115. The van der Waals surface area contributed by atoms with Crippen LogP contribution in [0.5, 0.6) is 5.75 Å². The van der Waals surface area contributed by atoms with Gasteiger partial charge in [0, 0.05) is 12.5 Å². The van der Waals surface area contributed by atoms with Crippen molar-refractivity contribution >= 4 is 24.1 Å². The van der Waals surface area contributed by atoms with E-state index < -0.39 is 19.4 Å². The largest absolute Gasteiger partial charge is 0.497 e. The molecule has 0 saturated carbocycles. The first kappa shape index (κ1) is 13.1. The van der Waals surface area contributed by atoms with Gasteiger partial charge in [-0.25, -0.2) is 8.42 Å². The van der Waals surface area contributed by atoms with Crippen LogP contribution >= 0.6 is 0 Å². The molecule has 90 valence electrons. The minimum absolute atomic E-state index is 0.115. The highest BCUT2D eigenvalue weighted by atomic mass is 32.3. The fraction of sp³-hybridized carbons (Fsp3) is 0.300. The van der Waals surface area contributed by atoms with Crippen molar-refractivity contribution in [1.29, 1.82) is 0 Å². The van der Waals surface area contributed by atoms with E-state index in [9.17, 15) is 12.6 Å². The number of rotatable bonds is 3. The van der Waals surface area contributed by atoms with Gasteiger partial charge in [0.2, 0.25) is 9.84 Å². The van der Waals surface area contributed by atoms with Crippen LogP contribution in [0.2, 0.25) is 0 Å². The predicted molar refractivity (Wildman–Crippen MR) is 66.2 cm³/mol. The Balaban J connectivity index is 3.24. The molecule has 1 aromatic rings. The summed E-state index contributed by atoms with van der Waals surface area (Å²) in [7, 11) is -4.54. The molecule has 0 atom stereocenters. The third-order valence-electron chi connectivity index (χ3n) is 1.75. The first-order chi connectivity index (χ1) is 7.24. The molecule has 0 bridgehead atoms. The summed E-state index contributed by atoms with van der Waals surface area (Å²) >= 11 is 0. The molecule has 0 heterocycles. The van der Waals surface area contributed by atoms with Gasteiger partial charge in [-0.3, -0.25) is 4.21 Å². The van der Waals surface area contributed by atoms with Crippen LogP contribution in [-0.2, 0) is 19.4 Å². The average molecular weight is 262 g/mol. The number of hydrogen-bond acceptors (Lipinski definition) is 4. The molecule has 16 heavy (non-hydrogen) atoms. The molecule has 0 saturated heterocycles. The van der Waals surface area contributed by atoms with Crippen molar-refractivity contribution in [2.24, 2.45) is 0 Å². The Kier molecular flexibility index (Phi) is 3.64. The number of hydrogen-bond donors (Lipinski definition) is 0. The molecular weight excluding hydrogens is 248 g/mol. The van der Waals surface area contributed by atoms with Gasteiger partial charge < -0.3 is 4.74 Å². The predicted octanol–water partition coefficient (Wildman–Crippen LogP) is 0.773. The van der Waals surface area contributed by atoms with E-state index in [4.69, 9.17) is 4.74 Å². The van der Waals surface area contributed by atoms with Gasteiger partial charge in [-0.15, -0.1) is 0 Å². The molecule has 0 aliphatic heterocycles. The summed E-state index contributed by atoms with van der Waals surface area (Å²) in [6.07, 6.45) is 2.77. The Morgan fingerprint density at radius 3 is 1.94 bits per heavy atom. The molecule has 0 spiro atoms. The lowest BCUT2D eigenvalue weighted by Crippen LogP contribution is -2.09. The Morgan fingerprint density at radius 2 is 1.56 bits per heavy atom. The van der Waals surface area contributed by atoms with E-state index in [1.165, 1.54) is 31.8 Å². The van der Waals surface area contributed by atoms with Crippen molar-refractivity contribution < 1.29 is 17.4 Å². The summed E-state index contributed by atoms with van der Waals surface area (Å²) < 4.78 is 40.8. The molecule has 0 aliphatic carbocycles. The van der Waals surface area contributed by atoms with Crippen molar-refractivity contribution in [2.45, 2.75) is 4.90 Å². The summed E-state index contributed by atoms with van der Waals surface area (Å²) in [6, 6.07) is 5.95. The standard InChI is InChI=1S/C10H14O4S2/c1-14-9-4-6-10(7-5-9)16(12,13)8-15(2,3)11/h4-8H,1-3H3. The maximum absolute atomic E-state index is 11.8. The minimum atomic E-state index is -3.60. The van der Waals surface area contributed by atoms with E-state index in [0.29, 0.717) is 5.75 Å². The van der Waals surface area contributed by atoms with E-state index >= 15 is 0 Å². The van der Waals surface area contributed by atoms with Gasteiger partial charge in [0.05, 0.1) is 16.7 Å². The molecule has 0 N–H and O–H groups in total. The van der Waals surface area contributed by atoms with Gasteiger partial charge in [0.25, 0.3) is 0 Å². The molecule has 0 aliphatic rings. The molecule has 6 heteroatoms. The third-order valence-corrected chi connectivity index (χ3v) is 5.54. The minimum Gasteiger partial charge on any atom is -0.497 e. The molecule has 1 aromatic carbocycles. The van der Waals surface area contributed by atoms with E-state index in [-0.39, 0.29) is 4.90 Å². The molecule has 0 fully saturated rings. The van der Waals surface area contributed by atoms with Crippen molar-refractivity contribution in [1.82, 2.24) is 0 Å². The molecular formula is C10H14O4S2. The SMILES string of the molecule is COc1ccc(S(=O)(=O)C=S(C)(C)=O)cc1. The van der Waals surface area contributed by atoms with Crippen LogP contribution in [0.15, 0.2) is 29.2 Å². The summed E-state index contributed by atoms with van der Waals surface area (Å²) in [5.41, 5.74) is 0. The zero-order chi connectivity index (χ0) is 12.4. The smallest absolute Gasteiger partial charge is 0.207 e. The molecule has 1 rings (SSSR count). The normalized spacial score (nSPS) is 12.2. The lowest BCUT2D eigenvalue weighted by molar-refractivity contribution is 0.414. The van der Waals surface area contributed by atoms with Crippen LogP contribution in [0, 0.1) is 0 Å². The van der Waals surface area contributed by atoms with Gasteiger partial charge in [-0.1, -0.05) is 0 Å². The second kappa shape index (κ2) is 4.47. The van der Waals surface area contributed by atoms with Crippen LogP contribution in [0.25, 0.3) is 0 Å². The third kappa shape index (κ3) is 3.53. The van der Waals surface area contributed by atoms with Gasteiger partial charge in [0.15, 0.2) is 0 Å². The first-order valence-corrected chi connectivity index (χ1v) is 8.41. The summed E-state index contributed by atoms with van der Waals surface area (Å²) in [5, 5.41) is 0. The molecule has 0 radical (unpaired) electrons. The summed E-state index contributed by atoms with van der Waals surface area (Å²) in [6.45, 7) is 0. The van der Waals surface area contributed by atoms with Gasteiger partial charge >= 0.3 is 0 Å². The summed E-state index contributed by atoms with van der Waals surface area (Å²) in [5.74, 6) is 0.577. The van der Waals surface area contributed by atoms with Crippen LogP contribution in [0.4, 0.5) is 0 Å². The molecule has 4 nitrogen and oxygen atoms in total. The maximum atomic E-state index is 11.8. The van der Waals surface area contributed by atoms with Crippen molar-refractivity contribution in [3.63, 3.8) is 0 Å². The van der Waals surface area contributed by atoms with Crippen LogP contribution in [0.1, 0.15) is 0 Å². The quantitative estimate of drug-likeness (QED) is 0.755. The number of sulfone groups is 1. The van der Waals surface area contributed by atoms with Gasteiger partial charge in [-0.2, -0.15) is 0 Å². The van der Waals surface area contributed by atoms with Crippen molar-refractivity contribution in [2.75, 3.05) is 19.6 Å². The van der Waals surface area contributed by atoms with Crippen molar-refractivity contribution in [3.8, 4) is 5.75 Å². The topological polar surface area (TPSA) is 60.4 Å². The lowest BCUT2D eigenvalue weighted by Gasteiger charge is -2.02. The highest BCUT2D eigenvalue weighted by Gasteiger charge is 2.12. The monoisotopic (exact) mass is 262 g/mol. The zero-order valence-corrected chi connectivity index (χ0v) is 11.0. The molecule has 0 unspecified atom stereocenters. The maximum Gasteiger partial charge on any atom is 0.207 e. The van der Waals surface area contributed by atoms with Crippen molar-refractivity contribution in [3.05, 3.63) is 24.3 Å². The highest BCUT2D eigenvalue weighted by Crippen LogP contribution is 2.15. The zero-order valence-electron chi connectivity index (χ0n) is 9.34. The van der Waals surface area contributed by atoms with E-state index in [2.05, 4.69) is 0 Å². The number of benzene rings is 1. The van der Waals surface area contributed by atoms with E-state index in [0.717, 1.165) is 4.70 Å².